The quantitative estimate of drug-likeness (QED) is 0.0459. The van der Waals surface area contributed by atoms with Gasteiger partial charge >= 0.3 is 94.6 Å². The summed E-state index contributed by atoms with van der Waals surface area (Å²) in [7, 11) is -5.60. The van der Waals surface area contributed by atoms with Gasteiger partial charge in [0, 0.05) is 5.97 Å². The predicted molar refractivity (Wildman–Crippen MR) is 124 cm³/mol. The molecule has 0 fully saturated rings. The normalized spacial score (nSPS) is 16.4. The van der Waals surface area contributed by atoms with Gasteiger partial charge in [0.2, 0.25) is 0 Å². The molecule has 0 bridgehead atoms. The van der Waals surface area contributed by atoms with Crippen molar-refractivity contribution in [3.63, 3.8) is 0 Å². The average Bonchev–Trinajstić information content (AvgIpc) is 3.07. The first-order chi connectivity index (χ1) is 17.0. The van der Waals surface area contributed by atoms with E-state index in [-0.39, 0.29) is 102 Å². The maximum atomic E-state index is 11.6. The van der Waals surface area contributed by atoms with Gasteiger partial charge in [-0.2, -0.15) is 0 Å². The van der Waals surface area contributed by atoms with E-state index >= 15 is 0 Å². The molecule has 210 valence electrons. The van der Waals surface area contributed by atoms with Crippen LogP contribution < -0.4 is 104 Å². The number of cyclic esters (lactones) is 1. The fourth-order valence-electron chi connectivity index (χ4n) is 4.18. The minimum absolute atomic E-state index is 0. The minimum Gasteiger partial charge on any atom is -0.780 e. The first-order valence-electron chi connectivity index (χ1n) is 12.9. The zero-order chi connectivity index (χ0) is 27.0. The molecular weight excluding hydrogens is 564 g/mol. The first-order valence-corrected chi connectivity index (χ1v) is 14.4. The Morgan fingerprint density at radius 1 is 0.821 bits per heavy atom. The van der Waals surface area contributed by atoms with E-state index in [2.05, 4.69) is 9.26 Å². The fourth-order valence-corrected chi connectivity index (χ4v) is 4.57. The SMILES string of the molecule is O=C([O-])CCCCCCCCCCCCCCCCCC(O)[C@H](O)[C@H]1OC(=O)C(OP(=O)([O-])[O-])=C1O.[Na+].[Na+].[Na+]. The van der Waals surface area contributed by atoms with Crippen LogP contribution in [0.1, 0.15) is 109 Å². The first kappa shape index (κ1) is 44.8. The van der Waals surface area contributed by atoms with Crippen LogP contribution in [0.3, 0.4) is 0 Å². The number of hydrogen-bond donors (Lipinski definition) is 3. The van der Waals surface area contributed by atoms with Gasteiger partial charge in [-0.1, -0.05) is 89.9 Å². The van der Waals surface area contributed by atoms with Crippen LogP contribution in [-0.4, -0.2) is 45.6 Å². The molecule has 39 heavy (non-hydrogen) atoms. The molecule has 0 saturated carbocycles. The molecule has 0 saturated heterocycles. The topological polar surface area (TPSA) is 200 Å². The van der Waals surface area contributed by atoms with Crippen LogP contribution >= 0.6 is 7.82 Å². The van der Waals surface area contributed by atoms with E-state index < -0.39 is 49.6 Å². The molecule has 1 rings (SSSR count). The Balaban J connectivity index is -0.00000432. The van der Waals surface area contributed by atoms with Crippen molar-refractivity contribution in [3.8, 4) is 0 Å². The second-order valence-electron chi connectivity index (χ2n) is 9.35. The smallest absolute Gasteiger partial charge is 0.780 e. The van der Waals surface area contributed by atoms with Crippen LogP contribution in [0, 0.1) is 0 Å². The van der Waals surface area contributed by atoms with E-state index in [1.54, 1.807) is 0 Å². The Kier molecular flexibility index (Phi) is 29.6. The van der Waals surface area contributed by atoms with Crippen LogP contribution in [0.25, 0.3) is 0 Å². The number of esters is 1. The van der Waals surface area contributed by atoms with Crippen LogP contribution in [-0.2, 0) is 23.4 Å². The Bertz CT molecular complexity index is 749. The standard InChI is InChI=1S/C24H43O11P.3Na/c25-18(20(28)22-21(29)23(24(30)34-22)35-36(31,32)33)16-14-12-10-8-6-4-2-1-3-5-7-9-11-13-15-17-19(26)27;;;/h18,20,22,25,28-29H,1-17H2,(H,26,27)(H2,31,32,33);;;/q;3*+1/p-3/t18?,20-,22+;;;/m0.../s1. The molecule has 0 spiro atoms. The molecule has 0 aromatic carbocycles. The molecule has 15 heteroatoms. The average molecular weight is 605 g/mol. The summed E-state index contributed by atoms with van der Waals surface area (Å²) in [6, 6.07) is 0. The number of carbonyl (C=O) groups is 2. The van der Waals surface area contributed by atoms with E-state index in [4.69, 9.17) is 0 Å². The number of hydrogen-bond acceptors (Lipinski definition) is 11. The summed E-state index contributed by atoms with van der Waals surface area (Å²) in [5.74, 6) is -4.60. The largest absolute Gasteiger partial charge is 1.00 e. The van der Waals surface area contributed by atoms with E-state index in [9.17, 15) is 44.4 Å². The number of carboxylic acid groups (broad SMARTS) is 1. The van der Waals surface area contributed by atoms with Gasteiger partial charge in [0.05, 0.1) is 6.10 Å². The van der Waals surface area contributed by atoms with Crippen LogP contribution in [0.15, 0.2) is 11.5 Å². The van der Waals surface area contributed by atoms with Crippen molar-refractivity contribution in [3.05, 3.63) is 11.5 Å². The monoisotopic (exact) mass is 604 g/mol. The number of unbranched alkanes of at least 4 members (excludes halogenated alkanes) is 14. The number of carbonyl (C=O) groups excluding carboxylic acids is 2. The van der Waals surface area contributed by atoms with Crippen molar-refractivity contribution >= 4 is 19.8 Å². The molecule has 0 radical (unpaired) electrons. The van der Waals surface area contributed by atoms with Crippen molar-refractivity contribution in [2.75, 3.05) is 0 Å². The summed E-state index contributed by atoms with van der Waals surface area (Å²) in [4.78, 5) is 43.2. The Morgan fingerprint density at radius 2 is 1.21 bits per heavy atom. The molecule has 1 heterocycles. The molecular formula is C24H40Na3O11P. The summed E-state index contributed by atoms with van der Waals surface area (Å²) in [5.41, 5.74) is 0. The summed E-state index contributed by atoms with van der Waals surface area (Å²) in [6.45, 7) is 0. The fraction of sp³-hybridized carbons (Fsp3) is 0.833. The number of rotatable bonds is 22. The third-order valence-electron chi connectivity index (χ3n) is 6.21. The number of carboxylic acids is 1. The van der Waals surface area contributed by atoms with E-state index in [0.717, 1.165) is 44.9 Å². The molecule has 0 aromatic heterocycles. The summed E-state index contributed by atoms with van der Waals surface area (Å²) < 4.78 is 19.2. The molecule has 11 nitrogen and oxygen atoms in total. The summed E-state index contributed by atoms with van der Waals surface area (Å²) in [5, 5.41) is 40.4. The number of aliphatic hydroxyl groups excluding tert-OH is 3. The third-order valence-corrected chi connectivity index (χ3v) is 6.62. The number of aliphatic carboxylic acids is 1. The number of phosphoric ester groups is 1. The molecule has 3 N–H and O–H groups in total. The summed E-state index contributed by atoms with van der Waals surface area (Å²) >= 11 is 0. The Hall–Kier alpha value is 1.35. The zero-order valence-corrected chi connectivity index (χ0v) is 30.7. The number of aliphatic hydroxyl groups is 3. The van der Waals surface area contributed by atoms with Gasteiger partial charge in [0.15, 0.2) is 11.9 Å². The van der Waals surface area contributed by atoms with Gasteiger partial charge in [-0.3, -0.25) is 0 Å². The zero-order valence-electron chi connectivity index (χ0n) is 23.8. The van der Waals surface area contributed by atoms with E-state index in [1.165, 1.54) is 38.5 Å². The van der Waals surface area contributed by atoms with Gasteiger partial charge in [-0.05, 0) is 19.3 Å². The molecule has 1 aliphatic heterocycles. The Morgan fingerprint density at radius 3 is 1.59 bits per heavy atom. The second-order valence-corrected chi connectivity index (χ2v) is 10.4. The van der Waals surface area contributed by atoms with Gasteiger partial charge < -0.3 is 48.8 Å². The van der Waals surface area contributed by atoms with Crippen LogP contribution in [0.5, 0.6) is 0 Å². The van der Waals surface area contributed by atoms with Crippen LogP contribution in [0.4, 0.5) is 0 Å². The molecule has 1 aliphatic rings. The van der Waals surface area contributed by atoms with Crippen molar-refractivity contribution in [1.29, 1.82) is 0 Å². The van der Waals surface area contributed by atoms with Gasteiger partial charge in [-0.25, -0.2) is 4.79 Å². The molecule has 0 aromatic rings. The van der Waals surface area contributed by atoms with Crippen molar-refractivity contribution in [1.82, 2.24) is 0 Å². The predicted octanol–water partition coefficient (Wildman–Crippen LogP) is -7.36. The van der Waals surface area contributed by atoms with Crippen molar-refractivity contribution in [2.45, 2.75) is 127 Å². The molecule has 3 atom stereocenters. The van der Waals surface area contributed by atoms with Gasteiger partial charge in [-0.15, -0.1) is 0 Å². The van der Waals surface area contributed by atoms with Crippen LogP contribution in [0.2, 0.25) is 0 Å². The minimum atomic E-state index is -5.60. The number of phosphoric acid groups is 1. The maximum absolute atomic E-state index is 11.6. The maximum Gasteiger partial charge on any atom is 1.00 e. The molecule has 1 unspecified atom stereocenters. The van der Waals surface area contributed by atoms with E-state index in [0.29, 0.717) is 12.8 Å². The van der Waals surface area contributed by atoms with Gasteiger partial charge in [0.1, 0.15) is 13.9 Å². The molecule has 0 aliphatic carbocycles. The third kappa shape index (κ3) is 21.7. The van der Waals surface area contributed by atoms with E-state index in [1.807, 2.05) is 0 Å². The van der Waals surface area contributed by atoms with Crippen molar-refractivity contribution in [2.24, 2.45) is 0 Å². The number of ether oxygens (including phenoxy) is 1. The summed E-state index contributed by atoms with van der Waals surface area (Å²) in [6.07, 6.45) is 11.4. The second kappa shape index (κ2) is 25.8. The van der Waals surface area contributed by atoms with Gasteiger partial charge in [0.25, 0.3) is 5.76 Å². The molecule has 0 amide bonds. The Labute approximate surface area is 298 Å². The van der Waals surface area contributed by atoms with Crippen molar-refractivity contribution < 1.29 is 142 Å².